The number of fused-ring (bicyclic) bond motifs is 9. The van der Waals surface area contributed by atoms with Crippen molar-refractivity contribution in [2.45, 2.75) is 43.7 Å². The first-order chi connectivity index (χ1) is 25.9. The molecule has 6 aromatic rings. The SMILES string of the molecule is CC1(C)c2ccccc2-c2ccc3c(c21)C1(C)C=CC=CC1c1ccccc1N3c1ccc(C2=NC(c3ccccc3)N=C(c3ccccc3)N2)cc1. The van der Waals surface area contributed by atoms with Crippen molar-refractivity contribution < 1.29 is 0 Å². The van der Waals surface area contributed by atoms with Crippen LogP contribution < -0.4 is 10.2 Å². The van der Waals surface area contributed by atoms with Gasteiger partial charge in [0.2, 0.25) is 0 Å². The van der Waals surface area contributed by atoms with Crippen LogP contribution in [0.3, 0.4) is 0 Å². The van der Waals surface area contributed by atoms with Crippen LogP contribution in [0.15, 0.2) is 180 Å². The Kier molecular flexibility index (Phi) is 7.06. The minimum Gasteiger partial charge on any atom is -0.324 e. The van der Waals surface area contributed by atoms with Gasteiger partial charge in [-0.1, -0.05) is 154 Å². The highest BCUT2D eigenvalue weighted by Gasteiger charge is 2.48. The number of nitrogens with one attached hydrogen (secondary N) is 1. The Morgan fingerprint density at radius 1 is 0.566 bits per heavy atom. The van der Waals surface area contributed by atoms with Gasteiger partial charge in [-0.3, -0.25) is 0 Å². The third-order valence-corrected chi connectivity index (χ3v) is 11.8. The van der Waals surface area contributed by atoms with E-state index in [4.69, 9.17) is 9.98 Å². The molecule has 2 aliphatic heterocycles. The molecule has 53 heavy (non-hydrogen) atoms. The number of rotatable bonds is 4. The maximum absolute atomic E-state index is 5.15. The van der Waals surface area contributed by atoms with Gasteiger partial charge >= 0.3 is 0 Å². The van der Waals surface area contributed by atoms with Crippen LogP contribution in [0.25, 0.3) is 11.1 Å². The van der Waals surface area contributed by atoms with Gasteiger partial charge < -0.3 is 10.2 Å². The quantitative estimate of drug-likeness (QED) is 0.201. The number of hydrogen-bond acceptors (Lipinski definition) is 4. The molecule has 0 bridgehead atoms. The van der Waals surface area contributed by atoms with Crippen LogP contribution in [0.1, 0.15) is 71.8 Å². The summed E-state index contributed by atoms with van der Waals surface area (Å²) in [4.78, 5) is 12.7. The van der Waals surface area contributed by atoms with Crippen molar-refractivity contribution in [1.82, 2.24) is 5.32 Å². The molecule has 10 rings (SSSR count). The lowest BCUT2D eigenvalue weighted by Crippen LogP contribution is -2.36. The lowest BCUT2D eigenvalue weighted by Gasteiger charge is -2.39. The van der Waals surface area contributed by atoms with Gasteiger partial charge in [-0.05, 0) is 75.3 Å². The molecule has 6 aromatic carbocycles. The minimum absolute atomic E-state index is 0.163. The van der Waals surface area contributed by atoms with Gasteiger partial charge in [0.1, 0.15) is 11.7 Å². The van der Waals surface area contributed by atoms with E-state index in [1.54, 1.807) is 0 Å². The zero-order chi connectivity index (χ0) is 35.7. The lowest BCUT2D eigenvalue weighted by atomic mass is 9.63. The fourth-order valence-corrected chi connectivity index (χ4v) is 9.24. The van der Waals surface area contributed by atoms with E-state index in [0.29, 0.717) is 0 Å². The second-order valence-electron chi connectivity index (χ2n) is 15.2. The lowest BCUT2D eigenvalue weighted by molar-refractivity contribution is 0.513. The zero-order valence-electron chi connectivity index (χ0n) is 30.2. The van der Waals surface area contributed by atoms with Crippen LogP contribution in [0, 0.1) is 0 Å². The smallest absolute Gasteiger partial charge is 0.169 e. The number of allylic oxidation sites excluding steroid dienone is 4. The molecule has 0 saturated heterocycles. The summed E-state index contributed by atoms with van der Waals surface area (Å²) in [6, 6.07) is 52.2. The third kappa shape index (κ3) is 4.82. The molecule has 3 unspecified atom stereocenters. The second-order valence-corrected chi connectivity index (χ2v) is 15.2. The molecule has 1 N–H and O–H groups in total. The highest BCUT2D eigenvalue weighted by atomic mass is 15.2. The number of amidine groups is 2. The molecule has 256 valence electrons. The molecule has 4 nitrogen and oxygen atoms in total. The van der Waals surface area contributed by atoms with Gasteiger partial charge in [0.25, 0.3) is 0 Å². The third-order valence-electron chi connectivity index (χ3n) is 11.8. The van der Waals surface area contributed by atoms with Gasteiger partial charge in [-0.25, -0.2) is 9.98 Å². The van der Waals surface area contributed by atoms with Crippen molar-refractivity contribution in [3.63, 3.8) is 0 Å². The van der Waals surface area contributed by atoms with Crippen LogP contribution in [0.5, 0.6) is 0 Å². The number of aliphatic imine (C=N–C) groups is 2. The normalized spacial score (nSPS) is 21.5. The topological polar surface area (TPSA) is 40.0 Å². The molecule has 2 aliphatic carbocycles. The second kappa shape index (κ2) is 11.9. The minimum atomic E-state index is -0.341. The molecule has 0 spiro atoms. The van der Waals surface area contributed by atoms with E-state index in [0.717, 1.165) is 34.0 Å². The summed E-state index contributed by atoms with van der Waals surface area (Å²) >= 11 is 0. The molecule has 0 amide bonds. The molecule has 2 heterocycles. The Bertz CT molecular complexity index is 2520. The fraction of sp³-hybridized carbons (Fsp3) is 0.143. The monoisotopic (exact) mass is 684 g/mol. The van der Waals surface area contributed by atoms with E-state index in [-0.39, 0.29) is 22.9 Å². The predicted octanol–water partition coefficient (Wildman–Crippen LogP) is 11.4. The molecular weight excluding hydrogens is 645 g/mol. The average molecular weight is 685 g/mol. The van der Waals surface area contributed by atoms with E-state index in [1.807, 2.05) is 36.4 Å². The Morgan fingerprint density at radius 2 is 1.23 bits per heavy atom. The maximum atomic E-state index is 5.15. The van der Waals surface area contributed by atoms with Crippen molar-refractivity contribution in [1.29, 1.82) is 0 Å². The molecule has 4 aliphatic rings. The maximum Gasteiger partial charge on any atom is 0.169 e. The Labute approximate surface area is 311 Å². The molecule has 0 aromatic heterocycles. The van der Waals surface area contributed by atoms with Crippen molar-refractivity contribution in [3.8, 4) is 11.1 Å². The van der Waals surface area contributed by atoms with Crippen LogP contribution in [0.4, 0.5) is 17.1 Å². The average Bonchev–Trinajstić information content (AvgIpc) is 3.38. The first kappa shape index (κ1) is 31.5. The van der Waals surface area contributed by atoms with Crippen molar-refractivity contribution in [2.75, 3.05) is 4.90 Å². The standard InChI is InChI=1S/C49H40N4/c1-48(2)39-22-12-10-20-36(39)37-29-30-42-44(43(37)48)49(3)31-15-14-23-40(49)38-21-11-13-24-41(38)53(42)35-27-25-34(26-28-35)47-51-45(32-16-6-4-7-17-32)50-46(52-47)33-18-8-5-9-19-33/h4-31,40,45H,1-3H3,(H,50,51,52). The van der Waals surface area contributed by atoms with E-state index in [2.05, 4.69) is 164 Å². The molecule has 4 heteroatoms. The summed E-state index contributed by atoms with van der Waals surface area (Å²) in [5, 5.41) is 3.58. The van der Waals surface area contributed by atoms with Crippen LogP contribution in [-0.4, -0.2) is 11.7 Å². The van der Waals surface area contributed by atoms with Gasteiger partial charge in [0.05, 0.1) is 5.69 Å². The van der Waals surface area contributed by atoms with Gasteiger partial charge in [-0.15, -0.1) is 0 Å². The van der Waals surface area contributed by atoms with Crippen LogP contribution in [-0.2, 0) is 10.8 Å². The molecule has 0 saturated carbocycles. The highest BCUT2D eigenvalue weighted by Crippen LogP contribution is 2.61. The first-order valence-corrected chi connectivity index (χ1v) is 18.6. The summed E-state index contributed by atoms with van der Waals surface area (Å²) in [7, 11) is 0. The first-order valence-electron chi connectivity index (χ1n) is 18.6. The fourth-order valence-electron chi connectivity index (χ4n) is 9.24. The number of nitrogens with zero attached hydrogens (tertiary/aromatic N) is 3. The molecule has 0 fully saturated rings. The predicted molar refractivity (Wildman–Crippen MR) is 219 cm³/mol. The molecule has 0 radical (unpaired) electrons. The summed E-state index contributed by atoms with van der Waals surface area (Å²) in [5.41, 5.74) is 14.5. The van der Waals surface area contributed by atoms with Crippen LogP contribution >= 0.6 is 0 Å². The molecular formula is C49H40N4. The van der Waals surface area contributed by atoms with E-state index in [1.165, 1.54) is 44.8 Å². The van der Waals surface area contributed by atoms with Crippen molar-refractivity contribution in [3.05, 3.63) is 209 Å². The molecule has 3 atom stereocenters. The van der Waals surface area contributed by atoms with Crippen LogP contribution in [0.2, 0.25) is 0 Å². The Hall–Kier alpha value is -6.26. The van der Waals surface area contributed by atoms with E-state index >= 15 is 0 Å². The number of anilines is 3. The number of hydrogen-bond donors (Lipinski definition) is 1. The summed E-state index contributed by atoms with van der Waals surface area (Å²) in [6.45, 7) is 7.26. The summed E-state index contributed by atoms with van der Waals surface area (Å²) in [5.74, 6) is 1.80. The van der Waals surface area contributed by atoms with Gasteiger partial charge in [0.15, 0.2) is 6.17 Å². The van der Waals surface area contributed by atoms with Crippen molar-refractivity contribution in [2.24, 2.45) is 9.98 Å². The summed E-state index contributed by atoms with van der Waals surface area (Å²) in [6.07, 6.45) is 8.98. The van der Waals surface area contributed by atoms with E-state index < -0.39 is 0 Å². The van der Waals surface area contributed by atoms with Crippen molar-refractivity contribution >= 4 is 28.7 Å². The van der Waals surface area contributed by atoms with E-state index in [9.17, 15) is 0 Å². The zero-order valence-corrected chi connectivity index (χ0v) is 30.2. The summed E-state index contributed by atoms with van der Waals surface area (Å²) < 4.78 is 0. The highest BCUT2D eigenvalue weighted by molar-refractivity contribution is 6.16. The largest absolute Gasteiger partial charge is 0.324 e. The van der Waals surface area contributed by atoms with Gasteiger partial charge in [0, 0.05) is 39.2 Å². The Morgan fingerprint density at radius 3 is 2.00 bits per heavy atom. The Balaban J connectivity index is 1.14. The number of benzene rings is 6. The van der Waals surface area contributed by atoms with Gasteiger partial charge in [-0.2, -0.15) is 0 Å². The number of para-hydroxylation sites is 1.